The highest BCUT2D eigenvalue weighted by Gasteiger charge is 2.27. The molecular weight excluding hydrogens is 376 g/mol. The quantitative estimate of drug-likeness (QED) is 0.679. The molecule has 28 heavy (non-hydrogen) atoms. The lowest BCUT2D eigenvalue weighted by Crippen LogP contribution is -2.42. The van der Waals surface area contributed by atoms with E-state index < -0.39 is 0 Å². The first-order valence-electron chi connectivity index (χ1n) is 9.05. The Morgan fingerprint density at radius 3 is 2.82 bits per heavy atom. The second-order valence-corrected chi connectivity index (χ2v) is 7.04. The van der Waals surface area contributed by atoms with Crippen LogP contribution in [0, 0.1) is 0 Å². The summed E-state index contributed by atoms with van der Waals surface area (Å²) in [5, 5.41) is 0.727. The molecule has 142 valence electrons. The van der Waals surface area contributed by atoms with Gasteiger partial charge in [-0.15, -0.1) is 0 Å². The van der Waals surface area contributed by atoms with E-state index in [-0.39, 0.29) is 12.0 Å². The Kier molecular flexibility index (Phi) is 5.60. The number of rotatable bonds is 4. The fourth-order valence-corrected chi connectivity index (χ4v) is 3.41. The van der Waals surface area contributed by atoms with E-state index in [1.54, 1.807) is 11.1 Å². The van der Waals surface area contributed by atoms with Gasteiger partial charge in [-0.1, -0.05) is 29.8 Å². The monoisotopic (exact) mass is 394 g/mol. The third-order valence-electron chi connectivity index (χ3n) is 4.61. The smallest absolute Gasteiger partial charge is 0.274 e. The summed E-state index contributed by atoms with van der Waals surface area (Å²) in [6.07, 6.45) is 6.91. The SMILES string of the molecule is O=C(c1cnccn1)N1CCO[C@H](c2ccc(Cc3cccc(Cl)c3)cn2)C1. The number of benzene rings is 1. The predicted octanol–water partition coefficient (Wildman–Crippen LogP) is 3.33. The van der Waals surface area contributed by atoms with Crippen LogP contribution in [0.25, 0.3) is 0 Å². The van der Waals surface area contributed by atoms with Crippen LogP contribution in [0.4, 0.5) is 0 Å². The minimum absolute atomic E-state index is 0.140. The molecule has 0 spiro atoms. The van der Waals surface area contributed by atoms with Crippen molar-refractivity contribution in [3.05, 3.63) is 88.7 Å². The summed E-state index contributed by atoms with van der Waals surface area (Å²) in [5.41, 5.74) is 3.38. The number of hydrogen-bond acceptors (Lipinski definition) is 5. The van der Waals surface area contributed by atoms with Crippen LogP contribution in [-0.2, 0) is 11.2 Å². The Morgan fingerprint density at radius 2 is 2.07 bits per heavy atom. The summed E-state index contributed by atoms with van der Waals surface area (Å²) in [6.45, 7) is 1.43. The molecule has 0 N–H and O–H groups in total. The molecule has 0 unspecified atom stereocenters. The molecular formula is C21H19ClN4O2. The van der Waals surface area contributed by atoms with Crippen molar-refractivity contribution in [2.24, 2.45) is 0 Å². The zero-order valence-electron chi connectivity index (χ0n) is 15.2. The Morgan fingerprint density at radius 1 is 1.14 bits per heavy atom. The summed E-state index contributed by atoms with van der Waals surface area (Å²) < 4.78 is 5.84. The van der Waals surface area contributed by atoms with Crippen molar-refractivity contribution in [3.63, 3.8) is 0 Å². The molecule has 1 aliphatic rings. The average Bonchev–Trinajstić information content (AvgIpc) is 2.74. The number of carbonyl (C=O) groups excluding carboxylic acids is 1. The fourth-order valence-electron chi connectivity index (χ4n) is 3.20. The molecule has 6 nitrogen and oxygen atoms in total. The van der Waals surface area contributed by atoms with Gasteiger partial charge in [0.15, 0.2) is 0 Å². The normalized spacial score (nSPS) is 16.8. The van der Waals surface area contributed by atoms with Gasteiger partial charge in [0, 0.05) is 30.2 Å². The van der Waals surface area contributed by atoms with E-state index in [9.17, 15) is 4.79 Å². The van der Waals surface area contributed by atoms with Gasteiger partial charge in [0.1, 0.15) is 11.8 Å². The Labute approximate surface area is 168 Å². The van der Waals surface area contributed by atoms with Gasteiger partial charge >= 0.3 is 0 Å². The maximum Gasteiger partial charge on any atom is 0.274 e. The molecule has 1 atom stereocenters. The van der Waals surface area contributed by atoms with Gasteiger partial charge in [0.25, 0.3) is 5.91 Å². The minimum atomic E-state index is -0.255. The van der Waals surface area contributed by atoms with E-state index in [0.29, 0.717) is 25.4 Å². The van der Waals surface area contributed by atoms with Crippen LogP contribution in [0.15, 0.2) is 61.2 Å². The average molecular weight is 395 g/mol. The second-order valence-electron chi connectivity index (χ2n) is 6.60. The van der Waals surface area contributed by atoms with Crippen molar-refractivity contribution in [3.8, 4) is 0 Å². The van der Waals surface area contributed by atoms with Crippen LogP contribution in [0.5, 0.6) is 0 Å². The van der Waals surface area contributed by atoms with E-state index >= 15 is 0 Å². The highest BCUT2D eigenvalue weighted by atomic mass is 35.5. The van der Waals surface area contributed by atoms with Crippen molar-refractivity contribution in [1.82, 2.24) is 19.9 Å². The zero-order chi connectivity index (χ0) is 19.3. The summed E-state index contributed by atoms with van der Waals surface area (Å²) in [4.78, 5) is 27.0. The third kappa shape index (κ3) is 4.35. The molecule has 1 aromatic carbocycles. The lowest BCUT2D eigenvalue weighted by atomic mass is 10.1. The third-order valence-corrected chi connectivity index (χ3v) is 4.85. The zero-order valence-corrected chi connectivity index (χ0v) is 15.9. The molecule has 1 amide bonds. The van der Waals surface area contributed by atoms with Gasteiger partial charge < -0.3 is 9.64 Å². The van der Waals surface area contributed by atoms with Crippen LogP contribution in [0.2, 0.25) is 5.02 Å². The van der Waals surface area contributed by atoms with Crippen molar-refractivity contribution in [2.45, 2.75) is 12.5 Å². The topological polar surface area (TPSA) is 68.2 Å². The summed E-state index contributed by atoms with van der Waals surface area (Å²) >= 11 is 6.05. The molecule has 7 heteroatoms. The Bertz CT molecular complexity index is 950. The van der Waals surface area contributed by atoms with Gasteiger partial charge in [0.2, 0.25) is 0 Å². The number of amides is 1. The first-order valence-corrected chi connectivity index (χ1v) is 9.43. The molecule has 3 aromatic rings. The van der Waals surface area contributed by atoms with Crippen LogP contribution < -0.4 is 0 Å². The Balaban J connectivity index is 1.43. The molecule has 0 radical (unpaired) electrons. The summed E-state index contributed by atoms with van der Waals surface area (Å²) in [6, 6.07) is 11.8. The van der Waals surface area contributed by atoms with Crippen molar-refractivity contribution < 1.29 is 9.53 Å². The molecule has 1 fully saturated rings. The predicted molar refractivity (Wildman–Crippen MR) is 105 cm³/mol. The minimum Gasteiger partial charge on any atom is -0.368 e. The highest BCUT2D eigenvalue weighted by molar-refractivity contribution is 6.30. The lowest BCUT2D eigenvalue weighted by molar-refractivity contribution is -0.0249. The van der Waals surface area contributed by atoms with E-state index in [1.165, 1.54) is 12.4 Å². The van der Waals surface area contributed by atoms with Crippen LogP contribution in [0.1, 0.15) is 33.4 Å². The van der Waals surface area contributed by atoms with E-state index in [1.807, 2.05) is 42.6 Å². The molecule has 0 bridgehead atoms. The first kappa shape index (κ1) is 18.5. The molecule has 2 aromatic heterocycles. The van der Waals surface area contributed by atoms with E-state index in [0.717, 1.165) is 28.3 Å². The highest BCUT2D eigenvalue weighted by Crippen LogP contribution is 2.22. The van der Waals surface area contributed by atoms with E-state index in [4.69, 9.17) is 16.3 Å². The fraction of sp³-hybridized carbons (Fsp3) is 0.238. The van der Waals surface area contributed by atoms with Crippen molar-refractivity contribution in [2.75, 3.05) is 19.7 Å². The Hall–Kier alpha value is -2.83. The van der Waals surface area contributed by atoms with Crippen LogP contribution >= 0.6 is 11.6 Å². The number of morpholine rings is 1. The number of aromatic nitrogens is 3. The van der Waals surface area contributed by atoms with Gasteiger partial charge in [-0.2, -0.15) is 0 Å². The van der Waals surface area contributed by atoms with Crippen molar-refractivity contribution in [1.29, 1.82) is 0 Å². The molecule has 0 aliphatic carbocycles. The number of hydrogen-bond donors (Lipinski definition) is 0. The second kappa shape index (κ2) is 8.46. The summed E-state index contributed by atoms with van der Waals surface area (Å²) in [7, 11) is 0. The van der Waals surface area contributed by atoms with Crippen molar-refractivity contribution >= 4 is 17.5 Å². The summed E-state index contributed by atoms with van der Waals surface area (Å²) in [5.74, 6) is -0.140. The molecule has 1 saturated heterocycles. The molecule has 0 saturated carbocycles. The number of pyridine rings is 1. The lowest BCUT2D eigenvalue weighted by Gasteiger charge is -2.32. The van der Waals surface area contributed by atoms with Crippen LogP contribution in [-0.4, -0.2) is 45.5 Å². The molecule has 3 heterocycles. The maximum atomic E-state index is 12.6. The first-order chi connectivity index (χ1) is 13.7. The largest absolute Gasteiger partial charge is 0.368 e. The maximum absolute atomic E-state index is 12.6. The number of carbonyl (C=O) groups is 1. The molecule has 4 rings (SSSR count). The number of halogens is 1. The molecule has 1 aliphatic heterocycles. The van der Waals surface area contributed by atoms with Gasteiger partial charge in [0.05, 0.1) is 25.0 Å². The van der Waals surface area contributed by atoms with Gasteiger partial charge in [-0.05, 0) is 35.7 Å². The standard InChI is InChI=1S/C21H19ClN4O2/c22-17-3-1-2-15(11-17)10-16-4-5-18(25-12-16)20-14-26(8-9-28-20)21(27)19-13-23-6-7-24-19/h1-7,11-13,20H,8-10,14H2/t20-/m0/s1. The number of ether oxygens (including phenoxy) is 1. The van der Waals surface area contributed by atoms with Gasteiger partial charge in [-0.3, -0.25) is 14.8 Å². The number of nitrogens with zero attached hydrogens (tertiary/aromatic N) is 4. The van der Waals surface area contributed by atoms with E-state index in [2.05, 4.69) is 15.0 Å². The van der Waals surface area contributed by atoms with Gasteiger partial charge in [-0.25, -0.2) is 4.98 Å². The van der Waals surface area contributed by atoms with Crippen LogP contribution in [0.3, 0.4) is 0 Å².